The number of para-hydroxylation sites is 1. The largest absolute Gasteiger partial charge is 0.366 e. The van der Waals surface area contributed by atoms with Crippen LogP contribution >= 0.6 is 11.6 Å². The van der Waals surface area contributed by atoms with E-state index in [2.05, 4.69) is 39.7 Å². The van der Waals surface area contributed by atoms with Crippen molar-refractivity contribution >= 4 is 29.0 Å². The lowest BCUT2D eigenvalue weighted by Crippen LogP contribution is -2.16. The van der Waals surface area contributed by atoms with Gasteiger partial charge in [0.05, 0.1) is 10.7 Å². The zero-order valence-electron chi connectivity index (χ0n) is 14.6. The summed E-state index contributed by atoms with van der Waals surface area (Å²) < 4.78 is 0. The highest BCUT2D eigenvalue weighted by molar-refractivity contribution is 6.33. The molecule has 1 aromatic heterocycles. The van der Waals surface area contributed by atoms with Crippen molar-refractivity contribution < 1.29 is 4.79 Å². The van der Waals surface area contributed by atoms with Crippen molar-refractivity contribution in [1.82, 2.24) is 9.97 Å². The van der Waals surface area contributed by atoms with E-state index in [1.165, 1.54) is 5.56 Å². The van der Waals surface area contributed by atoms with E-state index in [9.17, 15) is 4.79 Å². The van der Waals surface area contributed by atoms with Crippen LogP contribution in [0.5, 0.6) is 0 Å². The van der Waals surface area contributed by atoms with Crippen molar-refractivity contribution in [2.24, 2.45) is 0 Å². The highest BCUT2D eigenvalue weighted by Crippen LogP contribution is 2.21. The third-order valence-electron chi connectivity index (χ3n) is 3.75. The van der Waals surface area contributed by atoms with Crippen LogP contribution in [0.4, 0.5) is 11.5 Å². The Bertz CT molecular complexity index is 943. The normalized spacial score (nSPS) is 10.4. The SMILES string of the molecule is Cc1cccc(CNc2cc(C(=O)Nc3ccccc3Cl)nc(C)n2)c1. The standard InChI is InChI=1S/C20H19ClN4O/c1-13-6-5-7-15(10-13)12-22-19-11-18(23-14(2)24-19)20(26)25-17-9-4-3-8-16(17)21/h3-11H,12H2,1-2H3,(H,25,26)(H,22,23,24). The molecule has 0 unspecified atom stereocenters. The number of anilines is 2. The van der Waals surface area contributed by atoms with Gasteiger partial charge in [0.2, 0.25) is 0 Å². The van der Waals surface area contributed by atoms with Crippen molar-refractivity contribution in [2.75, 3.05) is 10.6 Å². The maximum Gasteiger partial charge on any atom is 0.274 e. The first-order valence-corrected chi connectivity index (χ1v) is 8.60. The maximum atomic E-state index is 12.5. The minimum Gasteiger partial charge on any atom is -0.366 e. The Kier molecular flexibility index (Phi) is 5.49. The molecule has 6 heteroatoms. The number of nitrogens with one attached hydrogen (secondary N) is 2. The third-order valence-corrected chi connectivity index (χ3v) is 4.08. The van der Waals surface area contributed by atoms with Crippen molar-refractivity contribution in [3.63, 3.8) is 0 Å². The van der Waals surface area contributed by atoms with E-state index in [4.69, 9.17) is 11.6 Å². The van der Waals surface area contributed by atoms with Gasteiger partial charge in [0.15, 0.2) is 0 Å². The van der Waals surface area contributed by atoms with Crippen LogP contribution in [0.2, 0.25) is 5.02 Å². The van der Waals surface area contributed by atoms with Crippen LogP contribution in [-0.2, 0) is 6.54 Å². The highest BCUT2D eigenvalue weighted by atomic mass is 35.5. The number of nitrogens with zero attached hydrogens (tertiary/aromatic N) is 2. The van der Waals surface area contributed by atoms with Gasteiger partial charge >= 0.3 is 0 Å². The lowest BCUT2D eigenvalue weighted by atomic mass is 10.1. The van der Waals surface area contributed by atoms with Crippen molar-refractivity contribution in [2.45, 2.75) is 20.4 Å². The monoisotopic (exact) mass is 366 g/mol. The summed E-state index contributed by atoms with van der Waals surface area (Å²) in [5.41, 5.74) is 3.17. The molecule has 0 bridgehead atoms. The first kappa shape index (κ1) is 17.9. The van der Waals surface area contributed by atoms with Crippen LogP contribution in [0.25, 0.3) is 0 Å². The van der Waals surface area contributed by atoms with Gasteiger partial charge in [-0.2, -0.15) is 0 Å². The fraction of sp³-hybridized carbons (Fsp3) is 0.150. The number of hydrogen-bond acceptors (Lipinski definition) is 4. The van der Waals surface area contributed by atoms with E-state index in [0.717, 1.165) is 5.56 Å². The Labute approximate surface area is 157 Å². The molecule has 26 heavy (non-hydrogen) atoms. The molecule has 0 saturated carbocycles. The first-order valence-electron chi connectivity index (χ1n) is 8.22. The van der Waals surface area contributed by atoms with Crippen LogP contribution in [0.1, 0.15) is 27.4 Å². The fourth-order valence-corrected chi connectivity index (χ4v) is 2.72. The summed E-state index contributed by atoms with van der Waals surface area (Å²) in [5, 5.41) is 6.49. The number of carbonyl (C=O) groups excluding carboxylic acids is 1. The molecule has 2 aromatic carbocycles. The van der Waals surface area contributed by atoms with Crippen LogP contribution in [0.15, 0.2) is 54.6 Å². The van der Waals surface area contributed by atoms with E-state index in [-0.39, 0.29) is 11.6 Å². The minimum atomic E-state index is -0.331. The maximum absolute atomic E-state index is 12.5. The Morgan fingerprint density at radius 1 is 1.04 bits per heavy atom. The molecular formula is C20H19ClN4O. The number of hydrogen-bond donors (Lipinski definition) is 2. The predicted octanol–water partition coefficient (Wildman–Crippen LogP) is 4.61. The second-order valence-electron chi connectivity index (χ2n) is 5.96. The molecule has 0 aliphatic carbocycles. The molecule has 1 amide bonds. The van der Waals surface area contributed by atoms with E-state index < -0.39 is 0 Å². The minimum absolute atomic E-state index is 0.282. The summed E-state index contributed by atoms with van der Waals surface area (Å²) >= 11 is 6.09. The fourth-order valence-electron chi connectivity index (χ4n) is 2.54. The van der Waals surface area contributed by atoms with Gasteiger partial charge in [-0.1, -0.05) is 53.6 Å². The summed E-state index contributed by atoms with van der Waals surface area (Å²) in [5.74, 6) is 0.786. The number of rotatable bonds is 5. The average Bonchev–Trinajstić information content (AvgIpc) is 2.61. The van der Waals surface area contributed by atoms with Crippen LogP contribution in [-0.4, -0.2) is 15.9 Å². The molecular weight excluding hydrogens is 348 g/mol. The number of aryl methyl sites for hydroxylation is 2. The Morgan fingerprint density at radius 3 is 2.62 bits per heavy atom. The van der Waals surface area contributed by atoms with Gasteiger partial charge in [-0.15, -0.1) is 0 Å². The van der Waals surface area contributed by atoms with Crippen molar-refractivity contribution in [3.05, 3.63) is 82.3 Å². The van der Waals surface area contributed by atoms with E-state index in [1.54, 1.807) is 31.2 Å². The highest BCUT2D eigenvalue weighted by Gasteiger charge is 2.12. The number of halogens is 1. The topological polar surface area (TPSA) is 66.9 Å². The second kappa shape index (κ2) is 7.97. The summed E-state index contributed by atoms with van der Waals surface area (Å²) in [6.45, 7) is 4.42. The zero-order chi connectivity index (χ0) is 18.5. The summed E-state index contributed by atoms with van der Waals surface area (Å²) in [7, 11) is 0. The van der Waals surface area contributed by atoms with Gasteiger partial charge in [-0.05, 0) is 31.5 Å². The molecule has 5 nitrogen and oxygen atoms in total. The molecule has 132 valence electrons. The first-order chi connectivity index (χ1) is 12.5. The van der Waals surface area contributed by atoms with Crippen molar-refractivity contribution in [3.8, 4) is 0 Å². The smallest absolute Gasteiger partial charge is 0.274 e. The molecule has 1 heterocycles. The van der Waals surface area contributed by atoms with Gasteiger partial charge in [-0.3, -0.25) is 4.79 Å². The lowest BCUT2D eigenvalue weighted by molar-refractivity contribution is 0.102. The van der Waals surface area contributed by atoms with Gasteiger partial charge in [0.25, 0.3) is 5.91 Å². The molecule has 0 radical (unpaired) electrons. The van der Waals surface area contributed by atoms with Gasteiger partial charge in [0, 0.05) is 12.6 Å². The van der Waals surface area contributed by atoms with Gasteiger partial charge < -0.3 is 10.6 Å². The number of carbonyl (C=O) groups is 1. The van der Waals surface area contributed by atoms with Gasteiger partial charge in [-0.25, -0.2) is 9.97 Å². The number of amides is 1. The molecule has 2 N–H and O–H groups in total. The molecule has 0 fully saturated rings. The summed E-state index contributed by atoms with van der Waals surface area (Å²) in [4.78, 5) is 21.1. The Morgan fingerprint density at radius 2 is 1.85 bits per heavy atom. The number of aromatic nitrogens is 2. The molecule has 0 atom stereocenters. The van der Waals surface area contributed by atoms with Crippen LogP contribution in [0.3, 0.4) is 0 Å². The van der Waals surface area contributed by atoms with Crippen molar-refractivity contribution in [1.29, 1.82) is 0 Å². The van der Waals surface area contributed by atoms with Crippen LogP contribution in [0, 0.1) is 13.8 Å². The summed E-state index contributed by atoms with van der Waals surface area (Å²) in [6.07, 6.45) is 0. The average molecular weight is 367 g/mol. The molecule has 3 rings (SSSR count). The van der Waals surface area contributed by atoms with E-state index in [0.29, 0.717) is 28.9 Å². The third kappa shape index (κ3) is 4.58. The molecule has 0 aliphatic rings. The predicted molar refractivity (Wildman–Crippen MR) is 105 cm³/mol. The molecule has 3 aromatic rings. The zero-order valence-corrected chi connectivity index (χ0v) is 15.3. The van der Waals surface area contributed by atoms with Crippen LogP contribution < -0.4 is 10.6 Å². The van der Waals surface area contributed by atoms with E-state index in [1.807, 2.05) is 18.2 Å². The molecule has 0 aliphatic heterocycles. The van der Waals surface area contributed by atoms with E-state index >= 15 is 0 Å². The lowest BCUT2D eigenvalue weighted by Gasteiger charge is -2.10. The molecule has 0 spiro atoms. The summed E-state index contributed by atoms with van der Waals surface area (Å²) in [6, 6.07) is 16.9. The Hall–Kier alpha value is -2.92. The quantitative estimate of drug-likeness (QED) is 0.691. The Balaban J connectivity index is 1.74. The molecule has 0 saturated heterocycles. The van der Waals surface area contributed by atoms with Gasteiger partial charge in [0.1, 0.15) is 17.3 Å². The second-order valence-corrected chi connectivity index (χ2v) is 6.37. The number of benzene rings is 2.